The Kier molecular flexibility index (Phi) is 5.38. The Morgan fingerprint density at radius 2 is 1.96 bits per heavy atom. The summed E-state index contributed by atoms with van der Waals surface area (Å²) in [5.74, 6) is 1.56. The lowest BCUT2D eigenvalue weighted by molar-refractivity contribution is -0.122. The number of nitrogens with zero attached hydrogens (tertiary/aromatic N) is 2. The molecule has 26 heavy (non-hydrogen) atoms. The highest BCUT2D eigenvalue weighted by molar-refractivity contribution is 5.76. The summed E-state index contributed by atoms with van der Waals surface area (Å²) in [6.07, 6.45) is 10.4. The van der Waals surface area contributed by atoms with Gasteiger partial charge in [0, 0.05) is 44.1 Å². The van der Waals surface area contributed by atoms with Crippen molar-refractivity contribution in [1.29, 1.82) is 0 Å². The van der Waals surface area contributed by atoms with Crippen molar-refractivity contribution in [3.8, 4) is 0 Å². The molecule has 2 aliphatic carbocycles. The van der Waals surface area contributed by atoms with Crippen molar-refractivity contribution in [3.05, 3.63) is 28.2 Å². The topological polar surface area (TPSA) is 78.1 Å². The first-order chi connectivity index (χ1) is 12.7. The molecule has 1 aromatic rings. The van der Waals surface area contributed by atoms with Gasteiger partial charge in [-0.25, -0.2) is 5.10 Å². The van der Waals surface area contributed by atoms with Crippen LogP contribution in [0.4, 0.5) is 0 Å². The summed E-state index contributed by atoms with van der Waals surface area (Å²) in [5.41, 5.74) is 0.549. The number of H-pyrrole nitrogens is 1. The van der Waals surface area contributed by atoms with E-state index in [1.54, 1.807) is 6.07 Å². The molecule has 1 aromatic heterocycles. The van der Waals surface area contributed by atoms with Gasteiger partial charge < -0.3 is 5.32 Å². The van der Waals surface area contributed by atoms with Gasteiger partial charge in [-0.15, -0.1) is 0 Å². The van der Waals surface area contributed by atoms with Crippen LogP contribution in [0.25, 0.3) is 0 Å². The fraction of sp³-hybridized carbons (Fsp3) is 0.750. The van der Waals surface area contributed by atoms with Crippen molar-refractivity contribution < 1.29 is 4.79 Å². The maximum Gasteiger partial charge on any atom is 0.264 e. The van der Waals surface area contributed by atoms with Crippen LogP contribution >= 0.6 is 0 Å². The van der Waals surface area contributed by atoms with Crippen molar-refractivity contribution in [3.63, 3.8) is 0 Å². The molecule has 6 heteroatoms. The molecule has 142 valence electrons. The van der Waals surface area contributed by atoms with Gasteiger partial charge in [0.05, 0.1) is 5.69 Å². The van der Waals surface area contributed by atoms with Crippen molar-refractivity contribution in [2.45, 2.75) is 69.9 Å². The molecule has 2 N–H and O–H groups in total. The van der Waals surface area contributed by atoms with Crippen LogP contribution in [-0.4, -0.2) is 46.2 Å². The summed E-state index contributed by atoms with van der Waals surface area (Å²) in [7, 11) is 0. The summed E-state index contributed by atoms with van der Waals surface area (Å²) in [5, 5.41) is 9.73. The summed E-state index contributed by atoms with van der Waals surface area (Å²) in [6.45, 7) is 2.19. The standard InChI is InChI=1S/C20H30N4O2/c25-19(10-8-15-9-11-20(26)23-22-15)21-18-13-24(12-17(18)14-6-7-14)16-4-2-1-3-5-16/h9,11,14,16-18H,1-8,10,12-13H2,(H,21,25)(H,23,26)/t17-,18+/m0/s1. The highest BCUT2D eigenvalue weighted by Crippen LogP contribution is 2.42. The number of aryl methyl sites for hydroxylation is 1. The monoisotopic (exact) mass is 358 g/mol. The molecule has 2 saturated carbocycles. The van der Waals surface area contributed by atoms with Crippen molar-refractivity contribution in [1.82, 2.24) is 20.4 Å². The second-order valence-electron chi connectivity index (χ2n) is 8.33. The van der Waals surface area contributed by atoms with Crippen molar-refractivity contribution in [2.24, 2.45) is 11.8 Å². The molecule has 0 unspecified atom stereocenters. The zero-order valence-corrected chi connectivity index (χ0v) is 15.5. The lowest BCUT2D eigenvalue weighted by Gasteiger charge is -2.31. The van der Waals surface area contributed by atoms with Gasteiger partial charge in [0.15, 0.2) is 0 Å². The van der Waals surface area contributed by atoms with E-state index < -0.39 is 0 Å². The van der Waals surface area contributed by atoms with Gasteiger partial charge in [-0.2, -0.15) is 5.10 Å². The van der Waals surface area contributed by atoms with Gasteiger partial charge in [-0.05, 0) is 43.6 Å². The molecule has 1 aliphatic heterocycles. The molecular weight excluding hydrogens is 328 g/mol. The maximum atomic E-state index is 12.5. The number of aromatic nitrogens is 2. The maximum absolute atomic E-state index is 12.5. The largest absolute Gasteiger partial charge is 0.352 e. The molecule has 1 saturated heterocycles. The SMILES string of the molecule is O=C(CCc1ccc(=O)[nH]n1)N[C@@H]1CN(C2CCCCC2)C[C@H]1C1CC1. The van der Waals surface area contributed by atoms with Gasteiger partial charge in [0.2, 0.25) is 5.91 Å². The number of likely N-dealkylation sites (tertiary alicyclic amines) is 1. The fourth-order valence-electron chi connectivity index (χ4n) is 4.79. The van der Waals surface area contributed by atoms with Gasteiger partial charge in [-0.1, -0.05) is 19.3 Å². The van der Waals surface area contributed by atoms with Gasteiger partial charge in [0.25, 0.3) is 5.56 Å². The van der Waals surface area contributed by atoms with Crippen LogP contribution in [0.3, 0.4) is 0 Å². The highest BCUT2D eigenvalue weighted by Gasteiger charge is 2.44. The van der Waals surface area contributed by atoms with Crippen LogP contribution in [0.15, 0.2) is 16.9 Å². The molecule has 4 rings (SSSR count). The predicted molar refractivity (Wildman–Crippen MR) is 99.8 cm³/mol. The zero-order valence-electron chi connectivity index (χ0n) is 15.5. The Balaban J connectivity index is 1.30. The van der Waals surface area contributed by atoms with E-state index in [0.29, 0.717) is 24.8 Å². The minimum Gasteiger partial charge on any atom is -0.352 e. The second kappa shape index (κ2) is 7.91. The second-order valence-corrected chi connectivity index (χ2v) is 8.33. The number of hydrogen-bond acceptors (Lipinski definition) is 4. The molecule has 0 aromatic carbocycles. The van der Waals surface area contributed by atoms with Crippen LogP contribution in [-0.2, 0) is 11.2 Å². The molecule has 6 nitrogen and oxygen atoms in total. The molecule has 2 heterocycles. The van der Waals surface area contributed by atoms with Gasteiger partial charge >= 0.3 is 0 Å². The number of carbonyl (C=O) groups is 1. The molecule has 0 spiro atoms. The molecule has 2 atom stereocenters. The minimum atomic E-state index is -0.209. The molecule has 3 fully saturated rings. The lowest BCUT2D eigenvalue weighted by atomic mass is 9.94. The number of aromatic amines is 1. The molecule has 3 aliphatic rings. The van der Waals surface area contributed by atoms with E-state index in [4.69, 9.17) is 0 Å². The first kappa shape index (κ1) is 17.7. The van der Waals surface area contributed by atoms with E-state index in [0.717, 1.165) is 24.2 Å². The minimum absolute atomic E-state index is 0.110. The van der Waals surface area contributed by atoms with E-state index in [1.807, 2.05) is 0 Å². The van der Waals surface area contributed by atoms with Crippen LogP contribution < -0.4 is 10.9 Å². The van der Waals surface area contributed by atoms with E-state index >= 15 is 0 Å². The molecule has 1 amide bonds. The third kappa shape index (κ3) is 4.34. The fourth-order valence-corrected chi connectivity index (χ4v) is 4.79. The van der Waals surface area contributed by atoms with Crippen molar-refractivity contribution in [2.75, 3.05) is 13.1 Å². The molecular formula is C20H30N4O2. The van der Waals surface area contributed by atoms with E-state index in [1.165, 1.54) is 57.6 Å². The lowest BCUT2D eigenvalue weighted by Crippen LogP contribution is -2.42. The Labute approximate surface area is 154 Å². The van der Waals surface area contributed by atoms with Crippen LogP contribution in [0.5, 0.6) is 0 Å². The Morgan fingerprint density at radius 3 is 2.65 bits per heavy atom. The molecule has 0 radical (unpaired) electrons. The predicted octanol–water partition coefficient (Wildman–Crippen LogP) is 1.86. The van der Waals surface area contributed by atoms with Crippen LogP contribution in [0, 0.1) is 11.8 Å². The quantitative estimate of drug-likeness (QED) is 0.814. The Bertz CT molecular complexity index is 658. The Hall–Kier alpha value is -1.69. The smallest absolute Gasteiger partial charge is 0.264 e. The number of nitrogens with one attached hydrogen (secondary N) is 2. The Morgan fingerprint density at radius 1 is 1.15 bits per heavy atom. The van der Waals surface area contributed by atoms with Gasteiger partial charge in [-0.3, -0.25) is 14.5 Å². The van der Waals surface area contributed by atoms with Crippen molar-refractivity contribution >= 4 is 5.91 Å². The highest BCUT2D eigenvalue weighted by atomic mass is 16.1. The summed E-state index contributed by atoms with van der Waals surface area (Å²) >= 11 is 0. The number of hydrogen-bond donors (Lipinski definition) is 2. The first-order valence-corrected chi connectivity index (χ1v) is 10.3. The summed E-state index contributed by atoms with van der Waals surface area (Å²) in [4.78, 5) is 26.2. The number of carbonyl (C=O) groups excluding carboxylic acids is 1. The summed E-state index contributed by atoms with van der Waals surface area (Å²) < 4.78 is 0. The third-order valence-electron chi connectivity index (χ3n) is 6.40. The average molecular weight is 358 g/mol. The van der Waals surface area contributed by atoms with E-state index in [2.05, 4.69) is 20.4 Å². The van der Waals surface area contributed by atoms with Crippen LogP contribution in [0.1, 0.15) is 57.1 Å². The number of rotatable bonds is 6. The van der Waals surface area contributed by atoms with E-state index in [-0.39, 0.29) is 11.5 Å². The third-order valence-corrected chi connectivity index (χ3v) is 6.40. The van der Waals surface area contributed by atoms with Crippen LogP contribution in [0.2, 0.25) is 0 Å². The number of amides is 1. The average Bonchev–Trinajstić information content (AvgIpc) is 3.43. The normalized spacial score (nSPS) is 27.5. The summed E-state index contributed by atoms with van der Waals surface area (Å²) in [6, 6.07) is 4.19. The van der Waals surface area contributed by atoms with Gasteiger partial charge in [0.1, 0.15) is 0 Å². The zero-order chi connectivity index (χ0) is 17.9. The van der Waals surface area contributed by atoms with E-state index in [9.17, 15) is 9.59 Å². The molecule has 0 bridgehead atoms. The first-order valence-electron chi connectivity index (χ1n) is 10.3.